The normalized spacial score (nSPS) is 19.8. The van der Waals surface area contributed by atoms with Crippen molar-refractivity contribution < 1.29 is 14.3 Å². The summed E-state index contributed by atoms with van der Waals surface area (Å²) < 4.78 is 10.7. The van der Waals surface area contributed by atoms with E-state index in [4.69, 9.17) is 9.47 Å². The summed E-state index contributed by atoms with van der Waals surface area (Å²) in [6, 6.07) is 8.13. The molecule has 0 aliphatic carbocycles. The molecule has 0 spiro atoms. The van der Waals surface area contributed by atoms with Crippen LogP contribution in [0.3, 0.4) is 0 Å². The lowest BCUT2D eigenvalue weighted by molar-refractivity contribution is 0.0710. The smallest absolute Gasteiger partial charge is 0.317 e. The number of carbonyl (C=O) groups is 1. The van der Waals surface area contributed by atoms with E-state index in [1.807, 2.05) is 24.0 Å². The van der Waals surface area contributed by atoms with Crippen LogP contribution in [0.2, 0.25) is 0 Å². The van der Waals surface area contributed by atoms with Crippen molar-refractivity contribution in [2.24, 2.45) is 0 Å². The van der Waals surface area contributed by atoms with E-state index in [0.717, 1.165) is 31.7 Å². The molecule has 1 heterocycles. The summed E-state index contributed by atoms with van der Waals surface area (Å²) in [5.74, 6) is 1.26. The van der Waals surface area contributed by atoms with Gasteiger partial charge in [0.1, 0.15) is 5.75 Å². The standard InChI is InChI=1S/C18H28N2O3/c1-14(16-5-7-17(22-3)8-6-16)9-10-19-18(21)20-11-4-12-23-15(2)13-20/h5-8,14-15H,4,9-13H2,1-3H3,(H,19,21). The van der Waals surface area contributed by atoms with Crippen LogP contribution in [-0.4, -0.2) is 50.4 Å². The van der Waals surface area contributed by atoms with Gasteiger partial charge in [0.2, 0.25) is 0 Å². The molecule has 1 fully saturated rings. The molecule has 1 saturated heterocycles. The third-order valence-electron chi connectivity index (χ3n) is 4.28. The molecule has 0 radical (unpaired) electrons. The zero-order chi connectivity index (χ0) is 16.7. The van der Waals surface area contributed by atoms with E-state index < -0.39 is 0 Å². The van der Waals surface area contributed by atoms with Gasteiger partial charge in [-0.2, -0.15) is 0 Å². The molecule has 2 amide bonds. The van der Waals surface area contributed by atoms with Crippen LogP contribution in [0, 0.1) is 0 Å². The van der Waals surface area contributed by atoms with Crippen molar-refractivity contribution in [3.63, 3.8) is 0 Å². The number of benzene rings is 1. The SMILES string of the molecule is COc1ccc(C(C)CCNC(=O)N2CCCOC(C)C2)cc1. The van der Waals surface area contributed by atoms with Gasteiger partial charge in [-0.05, 0) is 43.4 Å². The summed E-state index contributed by atoms with van der Waals surface area (Å²) in [5, 5.41) is 3.03. The maximum absolute atomic E-state index is 12.2. The third-order valence-corrected chi connectivity index (χ3v) is 4.28. The average molecular weight is 320 g/mol. The summed E-state index contributed by atoms with van der Waals surface area (Å²) in [6.07, 6.45) is 1.93. The van der Waals surface area contributed by atoms with Crippen LogP contribution >= 0.6 is 0 Å². The number of urea groups is 1. The minimum Gasteiger partial charge on any atom is -0.497 e. The second-order valence-electron chi connectivity index (χ2n) is 6.18. The first-order valence-corrected chi connectivity index (χ1v) is 8.38. The van der Waals surface area contributed by atoms with Crippen LogP contribution in [0.5, 0.6) is 5.75 Å². The summed E-state index contributed by atoms with van der Waals surface area (Å²) in [7, 11) is 1.67. The van der Waals surface area contributed by atoms with Crippen molar-refractivity contribution in [1.82, 2.24) is 10.2 Å². The molecule has 1 aromatic carbocycles. The Kier molecular flexibility index (Phi) is 6.71. The number of carbonyl (C=O) groups excluding carboxylic acids is 1. The van der Waals surface area contributed by atoms with Gasteiger partial charge in [0.05, 0.1) is 13.2 Å². The zero-order valence-corrected chi connectivity index (χ0v) is 14.4. The number of hydrogen-bond acceptors (Lipinski definition) is 3. The van der Waals surface area contributed by atoms with Gasteiger partial charge in [-0.15, -0.1) is 0 Å². The minimum absolute atomic E-state index is 0.0179. The Morgan fingerprint density at radius 3 is 2.87 bits per heavy atom. The Morgan fingerprint density at radius 1 is 1.43 bits per heavy atom. The molecule has 5 nitrogen and oxygen atoms in total. The zero-order valence-electron chi connectivity index (χ0n) is 14.4. The lowest BCUT2D eigenvalue weighted by Gasteiger charge is -2.23. The molecule has 1 aliphatic heterocycles. The molecule has 2 atom stereocenters. The Balaban J connectivity index is 1.75. The highest BCUT2D eigenvalue weighted by Crippen LogP contribution is 2.21. The van der Waals surface area contributed by atoms with Gasteiger partial charge in [-0.25, -0.2) is 4.79 Å². The van der Waals surface area contributed by atoms with E-state index in [1.54, 1.807) is 7.11 Å². The third kappa shape index (κ3) is 5.43. The van der Waals surface area contributed by atoms with Crippen molar-refractivity contribution >= 4 is 6.03 Å². The molecule has 23 heavy (non-hydrogen) atoms. The van der Waals surface area contributed by atoms with Crippen LogP contribution in [0.1, 0.15) is 38.2 Å². The minimum atomic E-state index is 0.0179. The number of hydrogen-bond donors (Lipinski definition) is 1. The molecule has 1 aliphatic rings. The van der Waals surface area contributed by atoms with Crippen molar-refractivity contribution in [2.45, 2.75) is 38.7 Å². The quantitative estimate of drug-likeness (QED) is 0.907. The fraction of sp³-hybridized carbons (Fsp3) is 0.611. The van der Waals surface area contributed by atoms with Crippen LogP contribution < -0.4 is 10.1 Å². The van der Waals surface area contributed by atoms with E-state index in [2.05, 4.69) is 24.4 Å². The largest absolute Gasteiger partial charge is 0.497 e. The summed E-state index contributed by atoms with van der Waals surface area (Å²) in [5.41, 5.74) is 1.26. The number of nitrogens with zero attached hydrogens (tertiary/aromatic N) is 1. The highest BCUT2D eigenvalue weighted by atomic mass is 16.5. The maximum atomic E-state index is 12.2. The van der Waals surface area contributed by atoms with Gasteiger partial charge in [0.15, 0.2) is 0 Å². The Labute approximate surface area is 139 Å². The van der Waals surface area contributed by atoms with E-state index >= 15 is 0 Å². The fourth-order valence-electron chi connectivity index (χ4n) is 2.79. The van der Waals surface area contributed by atoms with Gasteiger partial charge < -0.3 is 19.7 Å². The molecule has 5 heteroatoms. The maximum Gasteiger partial charge on any atom is 0.317 e. The van der Waals surface area contributed by atoms with E-state index in [9.17, 15) is 4.79 Å². The highest BCUT2D eigenvalue weighted by molar-refractivity contribution is 5.74. The predicted octanol–water partition coefficient (Wildman–Crippen LogP) is 3.01. The molecule has 0 bridgehead atoms. The number of nitrogens with one attached hydrogen (secondary N) is 1. The van der Waals surface area contributed by atoms with Crippen molar-refractivity contribution in [2.75, 3.05) is 33.4 Å². The second kappa shape index (κ2) is 8.77. The lowest BCUT2D eigenvalue weighted by Crippen LogP contribution is -2.43. The topological polar surface area (TPSA) is 50.8 Å². The van der Waals surface area contributed by atoms with E-state index in [1.165, 1.54) is 5.56 Å². The number of rotatable bonds is 5. The Hall–Kier alpha value is -1.75. The average Bonchev–Trinajstić information content (AvgIpc) is 2.79. The molecule has 2 unspecified atom stereocenters. The highest BCUT2D eigenvalue weighted by Gasteiger charge is 2.19. The van der Waals surface area contributed by atoms with Crippen molar-refractivity contribution in [1.29, 1.82) is 0 Å². The summed E-state index contributed by atoms with van der Waals surface area (Å²) in [6.45, 7) is 7.04. The molecule has 128 valence electrons. The molecule has 1 N–H and O–H groups in total. The first kappa shape index (κ1) is 17.6. The Bertz CT molecular complexity index is 490. The van der Waals surface area contributed by atoms with Gasteiger partial charge in [-0.3, -0.25) is 0 Å². The number of ether oxygens (including phenoxy) is 2. The van der Waals surface area contributed by atoms with E-state index in [-0.39, 0.29) is 12.1 Å². The van der Waals surface area contributed by atoms with Crippen molar-refractivity contribution in [3.8, 4) is 5.75 Å². The van der Waals surface area contributed by atoms with Gasteiger partial charge in [0, 0.05) is 26.2 Å². The molecule has 2 rings (SSSR count). The summed E-state index contributed by atoms with van der Waals surface area (Å²) >= 11 is 0. The van der Waals surface area contributed by atoms with Gasteiger partial charge >= 0.3 is 6.03 Å². The van der Waals surface area contributed by atoms with Crippen LogP contribution in [0.4, 0.5) is 4.79 Å². The summed E-state index contributed by atoms with van der Waals surface area (Å²) in [4.78, 5) is 14.1. The monoisotopic (exact) mass is 320 g/mol. The van der Waals surface area contributed by atoms with Crippen LogP contribution in [0.25, 0.3) is 0 Å². The van der Waals surface area contributed by atoms with Gasteiger partial charge in [-0.1, -0.05) is 19.1 Å². The molecule has 0 aromatic heterocycles. The fourth-order valence-corrected chi connectivity index (χ4v) is 2.79. The number of methoxy groups -OCH3 is 1. The van der Waals surface area contributed by atoms with Crippen LogP contribution in [-0.2, 0) is 4.74 Å². The van der Waals surface area contributed by atoms with Crippen molar-refractivity contribution in [3.05, 3.63) is 29.8 Å². The Morgan fingerprint density at radius 2 is 2.17 bits per heavy atom. The molecule has 0 saturated carbocycles. The predicted molar refractivity (Wildman–Crippen MR) is 91.0 cm³/mol. The second-order valence-corrected chi connectivity index (χ2v) is 6.18. The molecule has 1 aromatic rings. The lowest BCUT2D eigenvalue weighted by atomic mass is 9.98. The molecular formula is C18H28N2O3. The number of amides is 2. The van der Waals surface area contributed by atoms with E-state index in [0.29, 0.717) is 19.0 Å². The van der Waals surface area contributed by atoms with Crippen LogP contribution in [0.15, 0.2) is 24.3 Å². The first-order valence-electron chi connectivity index (χ1n) is 8.38. The first-order chi connectivity index (χ1) is 11.1. The molecular weight excluding hydrogens is 292 g/mol. The van der Waals surface area contributed by atoms with Gasteiger partial charge in [0.25, 0.3) is 0 Å².